The van der Waals surface area contributed by atoms with E-state index < -0.39 is 4.92 Å². The zero-order valence-corrected chi connectivity index (χ0v) is 11.8. The fourth-order valence-electron chi connectivity index (χ4n) is 1.96. The smallest absolute Gasteiger partial charge is 0.299 e. The molecule has 7 heteroatoms. The molecule has 3 aromatic rings. The Morgan fingerprint density at radius 2 is 1.83 bits per heavy atom. The van der Waals surface area contributed by atoms with Gasteiger partial charge in [0.25, 0.3) is 11.7 Å². The minimum absolute atomic E-state index is 0.0178. The van der Waals surface area contributed by atoms with Crippen LogP contribution in [0.15, 0.2) is 59.1 Å². The second kappa shape index (κ2) is 5.99. The maximum absolute atomic E-state index is 10.6. The molecule has 0 radical (unpaired) electrons. The predicted octanol–water partition coefficient (Wildman–Crippen LogP) is 3.87. The largest absolute Gasteiger partial charge is 0.423 e. The molecule has 3 rings (SSSR count). The van der Waals surface area contributed by atoms with E-state index in [1.165, 1.54) is 18.3 Å². The Balaban J connectivity index is 1.77. The molecule has 1 N–H and O–H groups in total. The summed E-state index contributed by atoms with van der Waals surface area (Å²) in [6.07, 6.45) is 1.53. The highest BCUT2D eigenvalue weighted by atomic mass is 16.6. The number of aromatic nitrogens is 1. The van der Waals surface area contributed by atoms with Gasteiger partial charge in [0.2, 0.25) is 0 Å². The SMILES string of the molecule is N#Cc1ccc(Nc2ncc(-c3ccc([N+](=O)[O-])cc3)o2)cc1. The molecule has 7 nitrogen and oxygen atoms in total. The first-order valence-corrected chi connectivity index (χ1v) is 6.63. The third-order valence-corrected chi connectivity index (χ3v) is 3.13. The number of oxazole rings is 1. The highest BCUT2D eigenvalue weighted by molar-refractivity contribution is 5.61. The van der Waals surface area contributed by atoms with E-state index in [4.69, 9.17) is 9.68 Å². The van der Waals surface area contributed by atoms with Crippen LogP contribution >= 0.6 is 0 Å². The number of hydrogen-bond acceptors (Lipinski definition) is 6. The highest BCUT2D eigenvalue weighted by Crippen LogP contribution is 2.26. The van der Waals surface area contributed by atoms with Gasteiger partial charge in [-0.1, -0.05) is 0 Å². The summed E-state index contributed by atoms with van der Waals surface area (Å²) in [5, 5.41) is 22.4. The normalized spacial score (nSPS) is 10.0. The first-order chi connectivity index (χ1) is 11.2. The van der Waals surface area contributed by atoms with Gasteiger partial charge in [0.1, 0.15) is 0 Å². The minimum Gasteiger partial charge on any atom is -0.423 e. The van der Waals surface area contributed by atoms with E-state index in [0.29, 0.717) is 22.9 Å². The van der Waals surface area contributed by atoms with Crippen molar-refractivity contribution in [1.82, 2.24) is 4.98 Å². The third-order valence-electron chi connectivity index (χ3n) is 3.13. The summed E-state index contributed by atoms with van der Waals surface area (Å²) in [6, 6.07) is 15.2. The van der Waals surface area contributed by atoms with Gasteiger partial charge in [0.15, 0.2) is 5.76 Å². The van der Waals surface area contributed by atoms with Gasteiger partial charge in [0.05, 0.1) is 22.8 Å². The molecule has 0 aliphatic carbocycles. The first kappa shape index (κ1) is 14.3. The van der Waals surface area contributed by atoms with E-state index >= 15 is 0 Å². The van der Waals surface area contributed by atoms with Crippen LogP contribution in [0.1, 0.15) is 5.56 Å². The number of benzene rings is 2. The molecule has 0 aliphatic rings. The minimum atomic E-state index is -0.456. The average Bonchev–Trinajstić information content (AvgIpc) is 3.04. The molecule has 0 spiro atoms. The number of rotatable bonds is 4. The number of hydrogen-bond donors (Lipinski definition) is 1. The molecule has 0 saturated carbocycles. The monoisotopic (exact) mass is 306 g/mol. The summed E-state index contributed by atoms with van der Waals surface area (Å²) >= 11 is 0. The van der Waals surface area contributed by atoms with Gasteiger partial charge < -0.3 is 9.73 Å². The lowest BCUT2D eigenvalue weighted by molar-refractivity contribution is -0.384. The molecule has 2 aromatic carbocycles. The van der Waals surface area contributed by atoms with Crippen molar-refractivity contribution in [3.63, 3.8) is 0 Å². The van der Waals surface area contributed by atoms with E-state index in [9.17, 15) is 10.1 Å². The van der Waals surface area contributed by atoms with Crippen molar-refractivity contribution < 1.29 is 9.34 Å². The Morgan fingerprint density at radius 3 is 2.43 bits per heavy atom. The Kier molecular flexibility index (Phi) is 3.72. The van der Waals surface area contributed by atoms with Crippen LogP contribution in [0.2, 0.25) is 0 Å². The van der Waals surface area contributed by atoms with Crippen molar-refractivity contribution in [2.45, 2.75) is 0 Å². The van der Waals surface area contributed by atoms with Crippen molar-refractivity contribution in [3.8, 4) is 17.4 Å². The van der Waals surface area contributed by atoms with Gasteiger partial charge >= 0.3 is 0 Å². The summed E-state index contributed by atoms with van der Waals surface area (Å²) in [5.74, 6) is 0.496. The summed E-state index contributed by atoms with van der Waals surface area (Å²) in [6.45, 7) is 0. The number of nitro groups is 1. The fourth-order valence-corrected chi connectivity index (χ4v) is 1.96. The van der Waals surface area contributed by atoms with E-state index in [1.807, 2.05) is 6.07 Å². The van der Waals surface area contributed by atoms with Crippen LogP contribution in [-0.4, -0.2) is 9.91 Å². The summed E-state index contributed by atoms with van der Waals surface area (Å²) in [7, 11) is 0. The molecule has 1 heterocycles. The second-order valence-electron chi connectivity index (χ2n) is 4.65. The van der Waals surface area contributed by atoms with Crippen molar-refractivity contribution in [1.29, 1.82) is 5.26 Å². The lowest BCUT2D eigenvalue weighted by atomic mass is 10.2. The number of nitrogens with zero attached hydrogens (tertiary/aromatic N) is 3. The first-order valence-electron chi connectivity index (χ1n) is 6.63. The predicted molar refractivity (Wildman–Crippen MR) is 83.0 cm³/mol. The molecule has 0 aliphatic heterocycles. The van der Waals surface area contributed by atoms with Crippen molar-refractivity contribution in [3.05, 3.63) is 70.4 Å². The molecule has 1 aromatic heterocycles. The van der Waals surface area contributed by atoms with Gasteiger partial charge in [-0.05, 0) is 36.4 Å². The molecule has 0 bridgehead atoms. The van der Waals surface area contributed by atoms with E-state index in [1.54, 1.807) is 36.4 Å². The van der Waals surface area contributed by atoms with Crippen LogP contribution in [0.5, 0.6) is 0 Å². The number of nitriles is 1. The maximum Gasteiger partial charge on any atom is 0.299 e. The van der Waals surface area contributed by atoms with E-state index in [2.05, 4.69) is 10.3 Å². The number of nitrogens with one attached hydrogen (secondary N) is 1. The lowest BCUT2D eigenvalue weighted by Crippen LogP contribution is -1.89. The zero-order valence-electron chi connectivity index (χ0n) is 11.8. The Labute approximate surface area is 131 Å². The Morgan fingerprint density at radius 1 is 1.13 bits per heavy atom. The molecule has 0 saturated heterocycles. The molecule has 23 heavy (non-hydrogen) atoms. The molecular weight excluding hydrogens is 296 g/mol. The highest BCUT2D eigenvalue weighted by Gasteiger charge is 2.09. The van der Waals surface area contributed by atoms with Crippen LogP contribution < -0.4 is 5.32 Å². The van der Waals surface area contributed by atoms with Gasteiger partial charge in [-0.25, -0.2) is 4.98 Å². The average molecular weight is 306 g/mol. The van der Waals surface area contributed by atoms with Crippen LogP contribution in [0.25, 0.3) is 11.3 Å². The zero-order chi connectivity index (χ0) is 16.2. The maximum atomic E-state index is 10.6. The Bertz CT molecular complexity index is 877. The van der Waals surface area contributed by atoms with Gasteiger partial charge in [-0.15, -0.1) is 0 Å². The van der Waals surface area contributed by atoms with Gasteiger partial charge in [0, 0.05) is 23.4 Å². The van der Waals surface area contributed by atoms with Crippen molar-refractivity contribution >= 4 is 17.4 Å². The summed E-state index contributed by atoms with van der Waals surface area (Å²) in [4.78, 5) is 14.3. The number of nitro benzene ring substituents is 1. The summed E-state index contributed by atoms with van der Waals surface area (Å²) in [5.41, 5.74) is 2.01. The fraction of sp³-hybridized carbons (Fsp3) is 0. The molecule has 0 atom stereocenters. The van der Waals surface area contributed by atoms with Crippen LogP contribution in [0.4, 0.5) is 17.4 Å². The van der Waals surface area contributed by atoms with E-state index in [-0.39, 0.29) is 5.69 Å². The van der Waals surface area contributed by atoms with Crippen molar-refractivity contribution in [2.75, 3.05) is 5.32 Å². The third kappa shape index (κ3) is 3.16. The van der Waals surface area contributed by atoms with Gasteiger partial charge in [-0.3, -0.25) is 10.1 Å². The molecule has 112 valence electrons. The molecule has 0 amide bonds. The molecule has 0 unspecified atom stereocenters. The standard InChI is InChI=1S/C16H10N4O3/c17-9-11-1-5-13(6-2-11)19-16-18-10-15(23-16)12-3-7-14(8-4-12)20(21)22/h1-8,10H,(H,18,19). The second-order valence-corrected chi connectivity index (χ2v) is 4.65. The van der Waals surface area contributed by atoms with Crippen LogP contribution in [0.3, 0.4) is 0 Å². The van der Waals surface area contributed by atoms with Crippen molar-refractivity contribution in [2.24, 2.45) is 0 Å². The van der Waals surface area contributed by atoms with Crippen LogP contribution in [0, 0.1) is 21.4 Å². The number of non-ortho nitro benzene ring substituents is 1. The van der Waals surface area contributed by atoms with Crippen LogP contribution in [-0.2, 0) is 0 Å². The summed E-state index contributed by atoms with van der Waals surface area (Å²) < 4.78 is 5.57. The molecular formula is C16H10N4O3. The quantitative estimate of drug-likeness (QED) is 0.579. The lowest BCUT2D eigenvalue weighted by Gasteiger charge is -2.01. The van der Waals surface area contributed by atoms with E-state index in [0.717, 1.165) is 5.69 Å². The Hall–Kier alpha value is -3.66. The number of anilines is 2. The van der Waals surface area contributed by atoms with Gasteiger partial charge in [-0.2, -0.15) is 5.26 Å². The topological polar surface area (TPSA) is 105 Å². The molecule has 0 fully saturated rings.